The molecule has 0 bridgehead atoms. The molecular weight excluding hydrogens is 402 g/mol. The summed E-state index contributed by atoms with van der Waals surface area (Å²) in [5.41, 5.74) is 3.27. The van der Waals surface area contributed by atoms with Crippen LogP contribution in [0.1, 0.15) is 56.6 Å². The number of aromatic nitrogens is 1. The molecule has 0 saturated heterocycles. The fourth-order valence-electron chi connectivity index (χ4n) is 3.58. The fourth-order valence-corrected chi connectivity index (χ4v) is 3.58. The lowest BCUT2D eigenvalue weighted by Gasteiger charge is -2.35. The Labute approximate surface area is 191 Å². The molecule has 0 aliphatic rings. The lowest BCUT2D eigenvalue weighted by Crippen LogP contribution is -2.46. The van der Waals surface area contributed by atoms with E-state index >= 15 is 0 Å². The average Bonchev–Trinajstić information content (AvgIpc) is 3.01. The molecule has 2 rings (SSSR count). The topological polar surface area (TPSA) is 75.3 Å². The number of amides is 1. The Morgan fingerprint density at radius 2 is 1.84 bits per heavy atom. The highest BCUT2D eigenvalue weighted by Crippen LogP contribution is 2.20. The first-order chi connectivity index (χ1) is 15.1. The predicted octanol–water partition coefficient (Wildman–Crippen LogP) is 4.79. The first-order valence-electron chi connectivity index (χ1n) is 10.9. The van der Waals surface area contributed by atoms with Gasteiger partial charge in [0.15, 0.2) is 6.61 Å². The van der Waals surface area contributed by atoms with E-state index in [1.807, 2.05) is 77.1 Å². The summed E-state index contributed by atoms with van der Waals surface area (Å²) in [6.45, 7) is 12.7. The molecule has 1 aromatic carbocycles. The van der Waals surface area contributed by atoms with Crippen LogP contribution in [0.3, 0.4) is 0 Å². The molecule has 0 unspecified atom stereocenters. The Morgan fingerprint density at radius 3 is 2.41 bits per heavy atom. The largest absolute Gasteiger partial charge is 0.451 e. The van der Waals surface area contributed by atoms with Crippen LogP contribution in [0.5, 0.6) is 0 Å². The molecule has 1 aromatic heterocycles. The Kier molecular flexibility index (Phi) is 8.42. The van der Waals surface area contributed by atoms with Gasteiger partial charge in [-0.1, -0.05) is 37.3 Å². The van der Waals surface area contributed by atoms with E-state index < -0.39 is 18.1 Å². The molecule has 6 heteroatoms. The Balaban J connectivity index is 2.13. The summed E-state index contributed by atoms with van der Waals surface area (Å²) in [6.07, 6.45) is 2.52. The van der Waals surface area contributed by atoms with Crippen molar-refractivity contribution in [2.45, 2.75) is 66.6 Å². The van der Waals surface area contributed by atoms with Gasteiger partial charge in [-0.15, -0.1) is 0 Å². The summed E-state index contributed by atoms with van der Waals surface area (Å²) in [6, 6.07) is 13.5. The minimum Gasteiger partial charge on any atom is -0.451 e. The lowest BCUT2D eigenvalue weighted by atomic mass is 10.0. The number of hydrogen-bond donors (Lipinski definition) is 0. The first-order valence-corrected chi connectivity index (χ1v) is 10.9. The van der Waals surface area contributed by atoms with E-state index in [4.69, 9.17) is 4.74 Å². The van der Waals surface area contributed by atoms with Crippen molar-refractivity contribution in [2.24, 2.45) is 0 Å². The number of esters is 1. The predicted molar refractivity (Wildman–Crippen MR) is 125 cm³/mol. The smallest absolute Gasteiger partial charge is 0.349 e. The third-order valence-corrected chi connectivity index (χ3v) is 5.32. The Morgan fingerprint density at radius 1 is 1.19 bits per heavy atom. The lowest BCUT2D eigenvalue weighted by molar-refractivity contribution is -0.151. The third kappa shape index (κ3) is 6.34. The third-order valence-electron chi connectivity index (χ3n) is 5.32. The molecule has 0 spiro atoms. The molecule has 0 atom stereocenters. The van der Waals surface area contributed by atoms with Crippen LogP contribution >= 0.6 is 0 Å². The van der Waals surface area contributed by atoms with Crippen LogP contribution in [0, 0.1) is 25.2 Å². The van der Waals surface area contributed by atoms with Crippen molar-refractivity contribution in [1.82, 2.24) is 9.47 Å². The molecule has 0 aliphatic carbocycles. The maximum Gasteiger partial charge on any atom is 0.349 e. The van der Waals surface area contributed by atoms with Gasteiger partial charge in [-0.3, -0.25) is 4.79 Å². The zero-order valence-electron chi connectivity index (χ0n) is 19.9. The number of ether oxygens (including phenoxy) is 1. The van der Waals surface area contributed by atoms with Gasteiger partial charge in [0.05, 0.1) is 0 Å². The van der Waals surface area contributed by atoms with Gasteiger partial charge >= 0.3 is 5.97 Å². The second-order valence-corrected chi connectivity index (χ2v) is 8.86. The Bertz CT molecular complexity index is 1020. The molecule has 0 fully saturated rings. The van der Waals surface area contributed by atoms with Crippen LogP contribution in [-0.2, 0) is 27.4 Å². The molecule has 6 nitrogen and oxygen atoms in total. The molecule has 1 amide bonds. The number of carbonyl (C=O) groups excluding carboxylic acids is 2. The minimum absolute atomic E-state index is 0.125. The van der Waals surface area contributed by atoms with Crippen LogP contribution in [0.25, 0.3) is 6.08 Å². The van der Waals surface area contributed by atoms with Gasteiger partial charge in [-0.2, -0.15) is 5.26 Å². The average molecular weight is 436 g/mol. The van der Waals surface area contributed by atoms with Crippen molar-refractivity contribution < 1.29 is 14.3 Å². The van der Waals surface area contributed by atoms with E-state index in [1.54, 1.807) is 4.90 Å². The van der Waals surface area contributed by atoms with E-state index in [2.05, 4.69) is 11.5 Å². The molecule has 0 aliphatic heterocycles. The fraction of sp³-hybridized carbons (Fsp3) is 0.423. The number of nitrogens with zero attached hydrogens (tertiary/aromatic N) is 3. The van der Waals surface area contributed by atoms with Gasteiger partial charge < -0.3 is 14.2 Å². The van der Waals surface area contributed by atoms with Crippen LogP contribution in [-0.4, -0.2) is 33.5 Å². The SMILES string of the molecule is CCCn1c(C)cc(/C=C(\C#N)C(=O)OCC(=O)N(Cc2ccccc2)C(C)(C)C)c1C. The van der Waals surface area contributed by atoms with E-state index in [0.717, 1.165) is 35.5 Å². The zero-order chi connectivity index (χ0) is 23.9. The van der Waals surface area contributed by atoms with Crippen LogP contribution in [0.15, 0.2) is 42.0 Å². The van der Waals surface area contributed by atoms with E-state index in [9.17, 15) is 14.9 Å². The summed E-state index contributed by atoms with van der Waals surface area (Å²) in [7, 11) is 0. The van der Waals surface area contributed by atoms with Crippen molar-refractivity contribution in [2.75, 3.05) is 6.61 Å². The summed E-state index contributed by atoms with van der Waals surface area (Å²) < 4.78 is 7.39. The van der Waals surface area contributed by atoms with Crippen molar-refractivity contribution in [3.63, 3.8) is 0 Å². The molecule has 1 heterocycles. The number of benzene rings is 1. The second kappa shape index (κ2) is 10.8. The zero-order valence-corrected chi connectivity index (χ0v) is 19.9. The minimum atomic E-state index is -0.797. The molecule has 0 saturated carbocycles. The molecule has 32 heavy (non-hydrogen) atoms. The number of hydrogen-bond acceptors (Lipinski definition) is 4. The maximum atomic E-state index is 12.9. The summed E-state index contributed by atoms with van der Waals surface area (Å²) in [4.78, 5) is 27.1. The number of aryl methyl sites for hydroxylation is 1. The number of nitriles is 1. The highest BCUT2D eigenvalue weighted by Gasteiger charge is 2.27. The highest BCUT2D eigenvalue weighted by molar-refractivity contribution is 5.99. The van der Waals surface area contributed by atoms with E-state index in [1.165, 1.54) is 6.08 Å². The number of carbonyl (C=O) groups is 2. The van der Waals surface area contributed by atoms with E-state index in [0.29, 0.717) is 6.54 Å². The van der Waals surface area contributed by atoms with Gasteiger partial charge in [0.1, 0.15) is 11.6 Å². The normalized spacial score (nSPS) is 11.7. The van der Waals surface area contributed by atoms with Crippen LogP contribution in [0.2, 0.25) is 0 Å². The van der Waals surface area contributed by atoms with Gasteiger partial charge in [0.25, 0.3) is 5.91 Å². The highest BCUT2D eigenvalue weighted by atomic mass is 16.5. The molecule has 0 N–H and O–H groups in total. The van der Waals surface area contributed by atoms with Crippen LogP contribution < -0.4 is 0 Å². The molecule has 170 valence electrons. The monoisotopic (exact) mass is 435 g/mol. The summed E-state index contributed by atoms with van der Waals surface area (Å²) in [5, 5.41) is 9.51. The number of rotatable bonds is 8. The summed E-state index contributed by atoms with van der Waals surface area (Å²) in [5.74, 6) is -1.11. The van der Waals surface area contributed by atoms with E-state index in [-0.39, 0.29) is 11.5 Å². The van der Waals surface area contributed by atoms with Crippen LogP contribution in [0.4, 0.5) is 0 Å². The Hall–Kier alpha value is -3.33. The van der Waals surface area contributed by atoms with Crippen molar-refractivity contribution in [3.05, 3.63) is 64.5 Å². The second-order valence-electron chi connectivity index (χ2n) is 8.86. The molecular formula is C26H33N3O3. The van der Waals surface area contributed by atoms with Crippen molar-refractivity contribution >= 4 is 18.0 Å². The van der Waals surface area contributed by atoms with Gasteiger partial charge in [-0.05, 0) is 64.3 Å². The van der Waals surface area contributed by atoms with Gasteiger partial charge in [0.2, 0.25) is 0 Å². The van der Waals surface area contributed by atoms with Crippen molar-refractivity contribution in [3.8, 4) is 6.07 Å². The quantitative estimate of drug-likeness (QED) is 0.339. The van der Waals surface area contributed by atoms with Gasteiger partial charge in [-0.25, -0.2) is 4.79 Å². The molecule has 2 aromatic rings. The first kappa shape index (κ1) is 24.9. The molecule has 0 radical (unpaired) electrons. The standard InChI is InChI=1S/C26H33N3O3/c1-7-13-28-19(2)14-22(20(28)3)15-23(16-27)25(31)32-18-24(30)29(26(4,5)6)17-21-11-9-8-10-12-21/h8-12,14-15H,7,13,17-18H2,1-6H3/b23-15+. The van der Waals surface area contributed by atoms with Gasteiger partial charge in [0, 0.05) is 30.0 Å². The summed E-state index contributed by atoms with van der Waals surface area (Å²) >= 11 is 0. The van der Waals surface area contributed by atoms with Crippen molar-refractivity contribution in [1.29, 1.82) is 5.26 Å². The maximum absolute atomic E-state index is 12.9.